The van der Waals surface area contributed by atoms with Gasteiger partial charge in [-0.3, -0.25) is 25.0 Å². The molecular formula is C12H10ClN5O5. The third kappa shape index (κ3) is 3.80. The second-order valence-corrected chi connectivity index (χ2v) is 4.78. The molecule has 0 fully saturated rings. The zero-order chi connectivity index (χ0) is 17.0. The second kappa shape index (κ2) is 6.83. The molecule has 2 N–H and O–H groups in total. The molecule has 0 aliphatic rings. The number of aromatic nitrogens is 2. The summed E-state index contributed by atoms with van der Waals surface area (Å²) in [6.07, 6.45) is 3.57. The summed E-state index contributed by atoms with van der Waals surface area (Å²) in [5.41, 5.74) is -1.66. The van der Waals surface area contributed by atoms with Crippen LogP contribution in [0.3, 0.4) is 0 Å². The number of nitro groups is 2. The summed E-state index contributed by atoms with van der Waals surface area (Å²) < 4.78 is 0. The lowest BCUT2D eigenvalue weighted by Gasteiger charge is -2.06. The molecule has 2 aromatic rings. The first kappa shape index (κ1) is 16.4. The molecule has 120 valence electrons. The first-order valence-electron chi connectivity index (χ1n) is 6.29. The van der Waals surface area contributed by atoms with E-state index in [0.717, 1.165) is 6.07 Å². The standard InChI is InChI=1S/C12H10ClN5O5/c13-8-5-7(9(17(20)21)6-10(8)18(22)23)12(19)16-2-1-11-14-3-4-15-11/h3-6H,1-2H2,(H,14,15)(H,16,19). The van der Waals surface area contributed by atoms with Crippen LogP contribution in [0.1, 0.15) is 16.2 Å². The van der Waals surface area contributed by atoms with Gasteiger partial charge in [0.2, 0.25) is 0 Å². The van der Waals surface area contributed by atoms with E-state index >= 15 is 0 Å². The largest absolute Gasteiger partial charge is 0.351 e. The van der Waals surface area contributed by atoms with Gasteiger partial charge >= 0.3 is 0 Å². The van der Waals surface area contributed by atoms with Gasteiger partial charge in [-0.1, -0.05) is 11.6 Å². The van der Waals surface area contributed by atoms with Gasteiger partial charge in [-0.2, -0.15) is 0 Å². The van der Waals surface area contributed by atoms with Crippen LogP contribution in [0, 0.1) is 20.2 Å². The molecule has 10 nitrogen and oxygen atoms in total. The molecule has 2 rings (SSSR count). The molecule has 0 saturated heterocycles. The number of hydrogen-bond donors (Lipinski definition) is 2. The van der Waals surface area contributed by atoms with Gasteiger partial charge in [-0.15, -0.1) is 0 Å². The third-order valence-electron chi connectivity index (χ3n) is 2.91. The Labute approximate surface area is 133 Å². The maximum atomic E-state index is 12.1. The van der Waals surface area contributed by atoms with E-state index in [2.05, 4.69) is 15.3 Å². The van der Waals surface area contributed by atoms with Gasteiger partial charge in [-0.05, 0) is 6.07 Å². The smallest absolute Gasteiger partial charge is 0.294 e. The van der Waals surface area contributed by atoms with E-state index in [9.17, 15) is 25.0 Å². The first-order chi connectivity index (χ1) is 10.9. The first-order valence-corrected chi connectivity index (χ1v) is 6.66. The van der Waals surface area contributed by atoms with E-state index in [1.54, 1.807) is 12.4 Å². The van der Waals surface area contributed by atoms with Gasteiger partial charge in [0.1, 0.15) is 16.4 Å². The van der Waals surface area contributed by atoms with E-state index in [1.165, 1.54) is 0 Å². The van der Waals surface area contributed by atoms with Gasteiger partial charge in [0.05, 0.1) is 15.9 Å². The van der Waals surface area contributed by atoms with Crippen LogP contribution in [0.5, 0.6) is 0 Å². The van der Waals surface area contributed by atoms with Crippen molar-refractivity contribution in [1.29, 1.82) is 0 Å². The number of H-pyrrole nitrogens is 1. The summed E-state index contributed by atoms with van der Waals surface area (Å²) in [5.74, 6) is -0.110. The highest BCUT2D eigenvalue weighted by Crippen LogP contribution is 2.32. The fourth-order valence-electron chi connectivity index (χ4n) is 1.85. The van der Waals surface area contributed by atoms with E-state index in [4.69, 9.17) is 11.6 Å². The molecule has 1 aromatic heterocycles. The lowest BCUT2D eigenvalue weighted by Crippen LogP contribution is -2.26. The quantitative estimate of drug-likeness (QED) is 0.607. The van der Waals surface area contributed by atoms with Crippen molar-refractivity contribution in [2.45, 2.75) is 6.42 Å². The summed E-state index contributed by atoms with van der Waals surface area (Å²) in [6, 6.07) is 1.59. The number of halogens is 1. The van der Waals surface area contributed by atoms with Crippen molar-refractivity contribution in [2.75, 3.05) is 6.54 Å². The third-order valence-corrected chi connectivity index (χ3v) is 3.21. The number of hydrogen-bond acceptors (Lipinski definition) is 6. The Bertz CT molecular complexity index is 761. The molecule has 0 unspecified atom stereocenters. The topological polar surface area (TPSA) is 144 Å². The van der Waals surface area contributed by atoms with Crippen molar-refractivity contribution in [2.24, 2.45) is 0 Å². The SMILES string of the molecule is O=C(NCCc1ncc[nH]1)c1cc(Cl)c([N+](=O)[O-])cc1[N+](=O)[O-]. The molecule has 1 aromatic carbocycles. The highest BCUT2D eigenvalue weighted by atomic mass is 35.5. The lowest BCUT2D eigenvalue weighted by molar-refractivity contribution is -0.394. The molecule has 1 heterocycles. The fourth-order valence-corrected chi connectivity index (χ4v) is 2.08. The van der Waals surface area contributed by atoms with Crippen molar-refractivity contribution in [3.63, 3.8) is 0 Å². The van der Waals surface area contributed by atoms with E-state index in [0.29, 0.717) is 18.3 Å². The molecule has 0 aliphatic carbocycles. The monoisotopic (exact) mass is 339 g/mol. The molecule has 0 atom stereocenters. The van der Waals surface area contributed by atoms with Crippen LogP contribution in [0.15, 0.2) is 24.5 Å². The van der Waals surface area contributed by atoms with Gasteiger partial charge < -0.3 is 10.3 Å². The van der Waals surface area contributed by atoms with E-state index in [-0.39, 0.29) is 17.1 Å². The molecule has 1 amide bonds. The van der Waals surface area contributed by atoms with E-state index < -0.39 is 27.1 Å². The van der Waals surface area contributed by atoms with Gasteiger partial charge in [0.25, 0.3) is 17.3 Å². The summed E-state index contributed by atoms with van der Waals surface area (Å²) in [7, 11) is 0. The van der Waals surface area contributed by atoms with Crippen LogP contribution in [0.2, 0.25) is 5.02 Å². The lowest BCUT2D eigenvalue weighted by atomic mass is 10.1. The number of nitrogens with one attached hydrogen (secondary N) is 2. The van der Waals surface area contributed by atoms with Crippen LogP contribution in [-0.2, 0) is 6.42 Å². The number of nitrogens with zero attached hydrogens (tertiary/aromatic N) is 3. The second-order valence-electron chi connectivity index (χ2n) is 4.38. The minimum atomic E-state index is -0.870. The number of imidazole rings is 1. The highest BCUT2D eigenvalue weighted by molar-refractivity contribution is 6.33. The molecule has 0 bridgehead atoms. The van der Waals surface area contributed by atoms with Gasteiger partial charge in [0, 0.05) is 25.4 Å². The molecule has 0 radical (unpaired) electrons. The molecule has 0 aliphatic heterocycles. The normalized spacial score (nSPS) is 10.3. The Morgan fingerprint density at radius 2 is 1.96 bits per heavy atom. The Morgan fingerprint density at radius 3 is 2.52 bits per heavy atom. The highest BCUT2D eigenvalue weighted by Gasteiger charge is 2.27. The predicted molar refractivity (Wildman–Crippen MR) is 79.4 cm³/mol. The zero-order valence-electron chi connectivity index (χ0n) is 11.5. The molecule has 0 spiro atoms. The van der Waals surface area contributed by atoms with Gasteiger partial charge in [0.15, 0.2) is 0 Å². The molecule has 23 heavy (non-hydrogen) atoms. The number of carbonyl (C=O) groups excluding carboxylic acids is 1. The average molecular weight is 340 g/mol. The number of rotatable bonds is 6. The van der Waals surface area contributed by atoms with Crippen LogP contribution in [0.4, 0.5) is 11.4 Å². The Morgan fingerprint density at radius 1 is 1.26 bits per heavy atom. The minimum absolute atomic E-state index is 0.179. The minimum Gasteiger partial charge on any atom is -0.351 e. The van der Waals surface area contributed by atoms with Crippen molar-refractivity contribution < 1.29 is 14.6 Å². The Hall–Kier alpha value is -3.01. The summed E-state index contributed by atoms with van der Waals surface area (Å²) in [6.45, 7) is 0.179. The van der Waals surface area contributed by atoms with Crippen molar-refractivity contribution >= 4 is 28.9 Å². The maximum Gasteiger partial charge on any atom is 0.294 e. The van der Waals surface area contributed by atoms with E-state index in [1.807, 2.05) is 0 Å². The molecule has 0 saturated carbocycles. The molecule has 11 heteroatoms. The van der Waals surface area contributed by atoms with Crippen molar-refractivity contribution in [3.05, 3.63) is 61.2 Å². The predicted octanol–water partition coefficient (Wildman–Crippen LogP) is 1.85. The number of amides is 1. The van der Waals surface area contributed by atoms with Gasteiger partial charge in [-0.25, -0.2) is 4.98 Å². The Balaban J connectivity index is 2.19. The summed E-state index contributed by atoms with van der Waals surface area (Å²) >= 11 is 5.70. The fraction of sp³-hybridized carbons (Fsp3) is 0.167. The summed E-state index contributed by atoms with van der Waals surface area (Å²) in [4.78, 5) is 38.9. The average Bonchev–Trinajstić information content (AvgIpc) is 2.99. The summed E-state index contributed by atoms with van der Waals surface area (Å²) in [5, 5.41) is 23.9. The number of aromatic amines is 1. The number of benzene rings is 1. The number of nitro benzene ring substituents is 2. The van der Waals surface area contributed by atoms with Crippen LogP contribution in [0.25, 0.3) is 0 Å². The maximum absolute atomic E-state index is 12.1. The van der Waals surface area contributed by atoms with Crippen molar-refractivity contribution in [3.8, 4) is 0 Å². The zero-order valence-corrected chi connectivity index (χ0v) is 12.2. The number of carbonyl (C=O) groups is 1. The van der Waals surface area contributed by atoms with Crippen molar-refractivity contribution in [1.82, 2.24) is 15.3 Å². The molecular weight excluding hydrogens is 330 g/mol. The Kier molecular flexibility index (Phi) is 4.86. The van der Waals surface area contributed by atoms with Crippen LogP contribution in [-0.4, -0.2) is 32.3 Å². The van der Waals surface area contributed by atoms with Crippen LogP contribution < -0.4 is 5.32 Å². The van der Waals surface area contributed by atoms with Crippen LogP contribution >= 0.6 is 11.6 Å².